The number of hydrogen-bond acceptors (Lipinski definition) is 6. The van der Waals surface area contributed by atoms with Crippen molar-refractivity contribution < 1.29 is 0 Å². The highest BCUT2D eigenvalue weighted by Gasteiger charge is 2.05. The van der Waals surface area contributed by atoms with Gasteiger partial charge in [-0.1, -0.05) is 13.8 Å². The maximum atomic E-state index is 4.50. The molecule has 0 bridgehead atoms. The predicted octanol–water partition coefficient (Wildman–Crippen LogP) is 3.24. The molecule has 0 aliphatic heterocycles. The zero-order chi connectivity index (χ0) is 14.4. The first kappa shape index (κ1) is 14.7. The van der Waals surface area contributed by atoms with Gasteiger partial charge in [-0.2, -0.15) is 4.98 Å². The molecule has 0 radical (unpaired) electrons. The lowest BCUT2D eigenvalue weighted by molar-refractivity contribution is 0.946. The maximum Gasteiger partial charge on any atom is 0.224 e. The molecule has 108 valence electrons. The number of aromatic nitrogens is 3. The zero-order valence-electron chi connectivity index (χ0n) is 12.2. The van der Waals surface area contributed by atoms with Crippen LogP contribution in [0.4, 0.5) is 11.8 Å². The molecule has 2 aromatic heterocycles. The Morgan fingerprint density at radius 1 is 1.15 bits per heavy atom. The fourth-order valence-corrected chi connectivity index (χ4v) is 2.50. The number of nitrogens with one attached hydrogen (secondary N) is 2. The van der Waals surface area contributed by atoms with Crippen LogP contribution in [-0.4, -0.2) is 21.5 Å². The molecule has 0 fully saturated rings. The average Bonchev–Trinajstić information content (AvgIpc) is 2.93. The van der Waals surface area contributed by atoms with Crippen LogP contribution >= 0.6 is 11.3 Å². The van der Waals surface area contributed by atoms with Crippen molar-refractivity contribution in [2.45, 2.75) is 40.2 Å². The lowest BCUT2D eigenvalue weighted by Crippen LogP contribution is -2.08. The van der Waals surface area contributed by atoms with Crippen molar-refractivity contribution in [3.63, 3.8) is 0 Å². The van der Waals surface area contributed by atoms with E-state index in [1.807, 2.05) is 19.3 Å². The van der Waals surface area contributed by atoms with Crippen molar-refractivity contribution >= 4 is 23.1 Å². The van der Waals surface area contributed by atoms with E-state index in [2.05, 4.69) is 39.4 Å². The summed E-state index contributed by atoms with van der Waals surface area (Å²) in [6.45, 7) is 7.86. The Morgan fingerprint density at radius 2 is 2.00 bits per heavy atom. The third kappa shape index (κ3) is 3.90. The summed E-state index contributed by atoms with van der Waals surface area (Å²) in [6, 6.07) is 0. The SMILES string of the molecule is CCCNc1ncc(C)c(NCc2ncc(CC)s2)n1. The Labute approximate surface area is 123 Å². The zero-order valence-corrected chi connectivity index (χ0v) is 13.0. The molecule has 2 rings (SSSR count). The van der Waals surface area contributed by atoms with Crippen LogP contribution in [0.5, 0.6) is 0 Å². The molecule has 0 atom stereocenters. The summed E-state index contributed by atoms with van der Waals surface area (Å²) in [5.41, 5.74) is 1.04. The van der Waals surface area contributed by atoms with Gasteiger partial charge < -0.3 is 10.6 Å². The van der Waals surface area contributed by atoms with E-state index in [9.17, 15) is 0 Å². The van der Waals surface area contributed by atoms with E-state index >= 15 is 0 Å². The van der Waals surface area contributed by atoms with E-state index < -0.39 is 0 Å². The molecule has 0 aliphatic carbocycles. The second kappa shape index (κ2) is 7.19. The number of aryl methyl sites for hydroxylation is 2. The van der Waals surface area contributed by atoms with Crippen molar-refractivity contribution in [2.75, 3.05) is 17.2 Å². The summed E-state index contributed by atoms with van der Waals surface area (Å²) in [4.78, 5) is 14.5. The fourth-order valence-electron chi connectivity index (χ4n) is 1.70. The van der Waals surface area contributed by atoms with Gasteiger partial charge in [0.1, 0.15) is 10.8 Å². The normalized spacial score (nSPS) is 10.6. The van der Waals surface area contributed by atoms with Crippen LogP contribution in [0.1, 0.15) is 35.7 Å². The van der Waals surface area contributed by atoms with Gasteiger partial charge in [0.2, 0.25) is 5.95 Å². The summed E-state index contributed by atoms with van der Waals surface area (Å²) >= 11 is 1.74. The van der Waals surface area contributed by atoms with Gasteiger partial charge in [0.25, 0.3) is 0 Å². The lowest BCUT2D eigenvalue weighted by atomic mass is 10.3. The van der Waals surface area contributed by atoms with E-state index in [1.54, 1.807) is 11.3 Å². The fraction of sp³-hybridized carbons (Fsp3) is 0.500. The van der Waals surface area contributed by atoms with Crippen molar-refractivity contribution in [1.29, 1.82) is 0 Å². The van der Waals surface area contributed by atoms with Crippen molar-refractivity contribution in [1.82, 2.24) is 15.0 Å². The number of rotatable bonds is 7. The molecule has 0 spiro atoms. The maximum absolute atomic E-state index is 4.50. The molecule has 0 amide bonds. The quantitative estimate of drug-likeness (QED) is 0.820. The van der Waals surface area contributed by atoms with Crippen LogP contribution in [0, 0.1) is 6.92 Å². The Bertz CT molecular complexity index is 552. The smallest absolute Gasteiger partial charge is 0.224 e. The van der Waals surface area contributed by atoms with Crippen molar-refractivity contribution in [2.24, 2.45) is 0 Å². The lowest BCUT2D eigenvalue weighted by Gasteiger charge is -2.09. The molecule has 20 heavy (non-hydrogen) atoms. The molecule has 2 heterocycles. The third-order valence-electron chi connectivity index (χ3n) is 2.86. The van der Waals surface area contributed by atoms with E-state index in [-0.39, 0.29) is 0 Å². The summed E-state index contributed by atoms with van der Waals surface area (Å²) in [7, 11) is 0. The number of hydrogen-bond donors (Lipinski definition) is 2. The van der Waals surface area contributed by atoms with Gasteiger partial charge in [-0.05, 0) is 19.8 Å². The van der Waals surface area contributed by atoms with Crippen LogP contribution in [0.25, 0.3) is 0 Å². The first-order chi connectivity index (χ1) is 9.72. The van der Waals surface area contributed by atoms with Gasteiger partial charge in [0.05, 0.1) is 6.54 Å². The molecule has 0 aromatic carbocycles. The summed E-state index contributed by atoms with van der Waals surface area (Å²) in [5, 5.41) is 7.62. The number of anilines is 2. The van der Waals surface area contributed by atoms with E-state index in [0.29, 0.717) is 12.5 Å². The van der Waals surface area contributed by atoms with Crippen LogP contribution in [-0.2, 0) is 13.0 Å². The minimum Gasteiger partial charge on any atom is -0.363 e. The third-order valence-corrected chi connectivity index (χ3v) is 4.00. The summed E-state index contributed by atoms with van der Waals surface area (Å²) in [5.74, 6) is 1.54. The van der Waals surface area contributed by atoms with Gasteiger partial charge in [-0.25, -0.2) is 9.97 Å². The molecule has 6 heteroatoms. The largest absolute Gasteiger partial charge is 0.363 e. The molecular weight excluding hydrogens is 270 g/mol. The van der Waals surface area contributed by atoms with Gasteiger partial charge in [-0.3, -0.25) is 0 Å². The minimum atomic E-state index is 0.674. The molecule has 2 aromatic rings. The van der Waals surface area contributed by atoms with Crippen molar-refractivity contribution in [3.05, 3.63) is 27.8 Å². The van der Waals surface area contributed by atoms with Crippen LogP contribution < -0.4 is 10.6 Å². The highest BCUT2D eigenvalue weighted by atomic mass is 32.1. The molecule has 0 saturated heterocycles. The highest BCUT2D eigenvalue weighted by molar-refractivity contribution is 7.11. The van der Waals surface area contributed by atoms with Gasteiger partial charge in [-0.15, -0.1) is 11.3 Å². The second-order valence-corrected chi connectivity index (χ2v) is 5.78. The predicted molar refractivity (Wildman–Crippen MR) is 84.4 cm³/mol. The van der Waals surface area contributed by atoms with E-state index in [0.717, 1.165) is 35.8 Å². The molecule has 0 unspecified atom stereocenters. The Morgan fingerprint density at radius 3 is 2.70 bits per heavy atom. The molecule has 0 aliphatic rings. The average molecular weight is 291 g/mol. The highest BCUT2D eigenvalue weighted by Crippen LogP contribution is 2.17. The van der Waals surface area contributed by atoms with E-state index in [1.165, 1.54) is 4.88 Å². The Kier molecular flexibility index (Phi) is 5.29. The Balaban J connectivity index is 2.00. The van der Waals surface area contributed by atoms with Gasteiger partial charge in [0.15, 0.2) is 0 Å². The number of thiazole rings is 1. The van der Waals surface area contributed by atoms with Crippen LogP contribution in [0.2, 0.25) is 0 Å². The monoisotopic (exact) mass is 291 g/mol. The first-order valence-electron chi connectivity index (χ1n) is 6.97. The van der Waals surface area contributed by atoms with Crippen LogP contribution in [0.3, 0.4) is 0 Å². The van der Waals surface area contributed by atoms with Gasteiger partial charge >= 0.3 is 0 Å². The molecule has 0 saturated carbocycles. The summed E-state index contributed by atoms with van der Waals surface area (Å²) in [6.07, 6.45) is 5.88. The topological polar surface area (TPSA) is 62.7 Å². The summed E-state index contributed by atoms with van der Waals surface area (Å²) < 4.78 is 0. The first-order valence-corrected chi connectivity index (χ1v) is 7.79. The van der Waals surface area contributed by atoms with Gasteiger partial charge in [0, 0.05) is 29.4 Å². The molecule has 2 N–H and O–H groups in total. The van der Waals surface area contributed by atoms with Crippen LogP contribution in [0.15, 0.2) is 12.4 Å². The molecule has 5 nitrogen and oxygen atoms in total. The number of nitrogens with zero attached hydrogens (tertiary/aromatic N) is 3. The van der Waals surface area contributed by atoms with E-state index in [4.69, 9.17) is 0 Å². The molecular formula is C14H21N5S. The minimum absolute atomic E-state index is 0.674. The van der Waals surface area contributed by atoms with Crippen molar-refractivity contribution in [3.8, 4) is 0 Å². The Hall–Kier alpha value is -1.69. The second-order valence-electron chi connectivity index (χ2n) is 4.58. The standard InChI is InChI=1S/C14H21N5S/c1-4-6-15-14-18-7-10(3)13(19-14)17-9-12-16-8-11(5-2)20-12/h7-8H,4-6,9H2,1-3H3,(H2,15,17,18,19).